The van der Waals surface area contributed by atoms with Gasteiger partial charge in [-0.05, 0) is 55.5 Å². The van der Waals surface area contributed by atoms with Gasteiger partial charge < -0.3 is 4.98 Å². The van der Waals surface area contributed by atoms with Gasteiger partial charge in [0.2, 0.25) is 0 Å². The lowest BCUT2D eigenvalue weighted by atomic mass is 10.1. The van der Waals surface area contributed by atoms with Gasteiger partial charge in [0.1, 0.15) is 5.82 Å². The molecule has 0 bridgehead atoms. The molecule has 20 heavy (non-hydrogen) atoms. The van der Waals surface area contributed by atoms with Crippen LogP contribution in [-0.4, -0.2) is 9.97 Å². The number of imidazole rings is 1. The number of aryl methyl sites for hydroxylation is 2. The van der Waals surface area contributed by atoms with E-state index in [9.17, 15) is 0 Å². The maximum atomic E-state index is 4.72. The average molecular weight is 347 g/mol. The van der Waals surface area contributed by atoms with E-state index >= 15 is 0 Å². The van der Waals surface area contributed by atoms with Crippen molar-refractivity contribution in [1.82, 2.24) is 9.97 Å². The van der Waals surface area contributed by atoms with Crippen molar-refractivity contribution in [3.8, 4) is 10.7 Å². The SMILES string of the molecule is Brc1ccc2nc(-c3cc4c(s3)CCCCC4)[nH]c2c1. The first kappa shape index (κ1) is 12.6. The largest absolute Gasteiger partial charge is 0.337 e. The quantitative estimate of drug-likeness (QED) is 0.593. The summed E-state index contributed by atoms with van der Waals surface area (Å²) >= 11 is 5.42. The van der Waals surface area contributed by atoms with Crippen LogP contribution in [0.4, 0.5) is 0 Å². The Morgan fingerprint density at radius 2 is 2.00 bits per heavy atom. The zero-order valence-electron chi connectivity index (χ0n) is 11.1. The molecule has 102 valence electrons. The molecule has 2 aromatic heterocycles. The minimum atomic E-state index is 1.01. The molecule has 0 amide bonds. The summed E-state index contributed by atoms with van der Waals surface area (Å²) in [6.45, 7) is 0. The number of hydrogen-bond donors (Lipinski definition) is 1. The van der Waals surface area contributed by atoms with Gasteiger partial charge >= 0.3 is 0 Å². The third kappa shape index (κ3) is 2.21. The zero-order valence-corrected chi connectivity index (χ0v) is 13.5. The van der Waals surface area contributed by atoms with E-state index in [-0.39, 0.29) is 0 Å². The Kier molecular flexibility index (Phi) is 3.15. The smallest absolute Gasteiger partial charge is 0.148 e. The highest BCUT2D eigenvalue weighted by atomic mass is 79.9. The number of hydrogen-bond acceptors (Lipinski definition) is 2. The second-order valence-corrected chi connectivity index (χ2v) is 7.42. The number of nitrogens with one attached hydrogen (secondary N) is 1. The highest BCUT2D eigenvalue weighted by Crippen LogP contribution is 2.34. The van der Waals surface area contributed by atoms with Crippen LogP contribution in [0, 0.1) is 0 Å². The molecule has 1 aromatic carbocycles. The summed E-state index contributed by atoms with van der Waals surface area (Å²) in [6.07, 6.45) is 6.51. The number of thiophene rings is 1. The van der Waals surface area contributed by atoms with Crippen molar-refractivity contribution in [1.29, 1.82) is 0 Å². The summed E-state index contributed by atoms with van der Waals surface area (Å²) < 4.78 is 1.09. The number of aromatic nitrogens is 2. The molecule has 4 rings (SSSR count). The number of halogens is 1. The lowest BCUT2D eigenvalue weighted by Crippen LogP contribution is -1.81. The Hall–Kier alpha value is -1.13. The lowest BCUT2D eigenvalue weighted by molar-refractivity contribution is 0.713. The standard InChI is InChI=1S/C16H15BrN2S/c17-11-6-7-12-13(9-11)19-16(18-12)15-8-10-4-2-1-3-5-14(10)20-15/h6-9H,1-5H2,(H,18,19). The molecule has 0 radical (unpaired) electrons. The molecule has 2 nitrogen and oxygen atoms in total. The number of fused-ring (bicyclic) bond motifs is 2. The Morgan fingerprint density at radius 3 is 2.95 bits per heavy atom. The highest BCUT2D eigenvalue weighted by molar-refractivity contribution is 9.10. The van der Waals surface area contributed by atoms with Crippen molar-refractivity contribution < 1.29 is 0 Å². The maximum absolute atomic E-state index is 4.72. The van der Waals surface area contributed by atoms with Gasteiger partial charge in [0.15, 0.2) is 0 Å². The molecular weight excluding hydrogens is 332 g/mol. The Bertz CT molecular complexity index is 748. The molecule has 3 aromatic rings. The second-order valence-electron chi connectivity index (χ2n) is 5.37. The van der Waals surface area contributed by atoms with Gasteiger partial charge in [0.05, 0.1) is 15.9 Å². The van der Waals surface area contributed by atoms with Crippen LogP contribution >= 0.6 is 27.3 Å². The molecule has 0 atom stereocenters. The number of aromatic amines is 1. The first-order valence-electron chi connectivity index (χ1n) is 7.07. The topological polar surface area (TPSA) is 28.7 Å². The molecular formula is C16H15BrN2S. The van der Waals surface area contributed by atoms with Gasteiger partial charge in [-0.15, -0.1) is 11.3 Å². The van der Waals surface area contributed by atoms with Crippen LogP contribution in [0.25, 0.3) is 21.7 Å². The summed E-state index contributed by atoms with van der Waals surface area (Å²) in [5.74, 6) is 1.01. The number of benzene rings is 1. The summed E-state index contributed by atoms with van der Waals surface area (Å²) in [4.78, 5) is 11.0. The van der Waals surface area contributed by atoms with Crippen LogP contribution in [0.1, 0.15) is 29.7 Å². The first-order valence-corrected chi connectivity index (χ1v) is 8.68. The fourth-order valence-corrected chi connectivity index (χ4v) is 4.44. The van der Waals surface area contributed by atoms with Crippen molar-refractivity contribution in [3.63, 3.8) is 0 Å². The molecule has 0 spiro atoms. The molecule has 0 unspecified atom stereocenters. The summed E-state index contributed by atoms with van der Waals surface area (Å²) in [6, 6.07) is 8.52. The van der Waals surface area contributed by atoms with Crippen LogP contribution < -0.4 is 0 Å². The lowest BCUT2D eigenvalue weighted by Gasteiger charge is -1.92. The molecule has 0 aliphatic heterocycles. The minimum Gasteiger partial charge on any atom is -0.337 e. The predicted octanol–water partition coefficient (Wildman–Crippen LogP) is 5.32. The van der Waals surface area contributed by atoms with Crippen LogP contribution in [0.2, 0.25) is 0 Å². The normalized spacial score (nSPS) is 15.2. The predicted molar refractivity (Wildman–Crippen MR) is 88.4 cm³/mol. The van der Waals surface area contributed by atoms with Gasteiger partial charge in [0, 0.05) is 9.35 Å². The second kappa shape index (κ2) is 5.01. The van der Waals surface area contributed by atoms with Crippen LogP contribution in [0.5, 0.6) is 0 Å². The van der Waals surface area contributed by atoms with Crippen molar-refractivity contribution in [2.75, 3.05) is 0 Å². The maximum Gasteiger partial charge on any atom is 0.148 e. The Balaban J connectivity index is 1.78. The third-order valence-corrected chi connectivity index (χ3v) is 5.66. The highest BCUT2D eigenvalue weighted by Gasteiger charge is 2.15. The fraction of sp³-hybridized carbons (Fsp3) is 0.312. The number of nitrogens with zero attached hydrogens (tertiary/aromatic N) is 1. The van der Waals surface area contributed by atoms with E-state index in [1.165, 1.54) is 37.0 Å². The van der Waals surface area contributed by atoms with Crippen LogP contribution in [0.3, 0.4) is 0 Å². The van der Waals surface area contributed by atoms with Gasteiger partial charge in [-0.1, -0.05) is 22.4 Å². The van der Waals surface area contributed by atoms with E-state index in [1.807, 2.05) is 17.4 Å². The molecule has 1 aliphatic carbocycles. The van der Waals surface area contributed by atoms with Crippen LogP contribution in [-0.2, 0) is 12.8 Å². The van der Waals surface area contributed by atoms with Crippen molar-refractivity contribution >= 4 is 38.3 Å². The van der Waals surface area contributed by atoms with Gasteiger partial charge in [0.25, 0.3) is 0 Å². The van der Waals surface area contributed by atoms with Gasteiger partial charge in [-0.3, -0.25) is 0 Å². The van der Waals surface area contributed by atoms with Crippen molar-refractivity contribution in [2.24, 2.45) is 0 Å². The molecule has 1 N–H and O–H groups in total. The first-order chi connectivity index (χ1) is 9.79. The summed E-state index contributed by atoms with van der Waals surface area (Å²) in [5.41, 5.74) is 3.67. The average Bonchev–Trinajstić information content (AvgIpc) is 2.97. The van der Waals surface area contributed by atoms with E-state index in [1.54, 1.807) is 10.4 Å². The number of rotatable bonds is 1. The minimum absolute atomic E-state index is 1.01. The monoisotopic (exact) mass is 346 g/mol. The molecule has 0 fully saturated rings. The molecule has 1 aliphatic rings. The fourth-order valence-electron chi connectivity index (χ4n) is 2.88. The Morgan fingerprint density at radius 1 is 1.10 bits per heavy atom. The third-order valence-electron chi connectivity index (χ3n) is 3.92. The Labute approximate surface area is 130 Å². The number of H-pyrrole nitrogens is 1. The van der Waals surface area contributed by atoms with Gasteiger partial charge in [-0.2, -0.15) is 0 Å². The van der Waals surface area contributed by atoms with Crippen LogP contribution in [0.15, 0.2) is 28.7 Å². The van der Waals surface area contributed by atoms with E-state index in [2.05, 4.69) is 39.1 Å². The van der Waals surface area contributed by atoms with E-state index < -0.39 is 0 Å². The zero-order chi connectivity index (χ0) is 13.5. The van der Waals surface area contributed by atoms with Crippen molar-refractivity contribution in [3.05, 3.63) is 39.2 Å². The van der Waals surface area contributed by atoms with E-state index in [0.29, 0.717) is 0 Å². The molecule has 0 saturated carbocycles. The van der Waals surface area contributed by atoms with Crippen molar-refractivity contribution in [2.45, 2.75) is 32.1 Å². The summed E-state index contributed by atoms with van der Waals surface area (Å²) in [5, 5.41) is 0. The van der Waals surface area contributed by atoms with E-state index in [4.69, 9.17) is 4.98 Å². The van der Waals surface area contributed by atoms with Gasteiger partial charge in [-0.25, -0.2) is 4.98 Å². The van der Waals surface area contributed by atoms with E-state index in [0.717, 1.165) is 21.3 Å². The molecule has 0 saturated heterocycles. The summed E-state index contributed by atoms with van der Waals surface area (Å²) in [7, 11) is 0. The molecule has 2 heterocycles. The molecule has 4 heteroatoms.